The number of ether oxygens (including phenoxy) is 2. The van der Waals surface area contributed by atoms with Crippen molar-refractivity contribution < 1.29 is 19.4 Å². The fourth-order valence-corrected chi connectivity index (χ4v) is 6.13. The highest BCUT2D eigenvalue weighted by molar-refractivity contribution is 6.33. The van der Waals surface area contributed by atoms with Gasteiger partial charge in [0.1, 0.15) is 0 Å². The van der Waals surface area contributed by atoms with Crippen LogP contribution in [0.4, 0.5) is 5.69 Å². The third-order valence-corrected chi connectivity index (χ3v) is 8.71. The van der Waals surface area contributed by atoms with E-state index in [1.807, 2.05) is 6.07 Å². The molecule has 1 amide bonds. The molecule has 3 heterocycles. The lowest BCUT2D eigenvalue weighted by molar-refractivity contribution is -0.106. The van der Waals surface area contributed by atoms with Crippen molar-refractivity contribution in [3.05, 3.63) is 34.4 Å². The number of anilines is 1. The van der Waals surface area contributed by atoms with Crippen LogP contribution in [0.2, 0.25) is 5.02 Å². The smallest absolute Gasteiger partial charge is 0.232 e. The molecule has 184 valence electrons. The maximum absolute atomic E-state index is 10.9. The summed E-state index contributed by atoms with van der Waals surface area (Å²) in [6, 6.07) is 4.03. The van der Waals surface area contributed by atoms with E-state index in [-0.39, 0.29) is 5.54 Å². The Kier molecular flexibility index (Phi) is 6.84. The molecule has 4 fully saturated rings. The molecule has 8 heteroatoms. The van der Waals surface area contributed by atoms with E-state index < -0.39 is 6.10 Å². The van der Waals surface area contributed by atoms with Gasteiger partial charge in [-0.15, -0.1) is 0 Å². The number of benzene rings is 1. The molecule has 1 saturated carbocycles. The fourth-order valence-electron chi connectivity index (χ4n) is 5.84. The van der Waals surface area contributed by atoms with Gasteiger partial charge in [0.25, 0.3) is 0 Å². The van der Waals surface area contributed by atoms with Gasteiger partial charge in [-0.3, -0.25) is 9.69 Å². The summed E-state index contributed by atoms with van der Waals surface area (Å²) in [6.07, 6.45) is 9.65. The number of piperazine rings is 1. The van der Waals surface area contributed by atoms with Gasteiger partial charge in [-0.25, -0.2) is 4.99 Å². The van der Waals surface area contributed by atoms with E-state index in [2.05, 4.69) is 39.9 Å². The van der Waals surface area contributed by atoms with Crippen molar-refractivity contribution in [1.82, 2.24) is 4.90 Å². The van der Waals surface area contributed by atoms with E-state index in [4.69, 9.17) is 21.1 Å². The molecule has 7 nitrogen and oxygen atoms in total. The number of carbonyl (C=O) groups is 1. The number of allylic oxidation sites excluding steroid dienone is 1. The van der Waals surface area contributed by atoms with E-state index in [1.54, 1.807) is 6.21 Å². The maximum atomic E-state index is 10.9. The summed E-state index contributed by atoms with van der Waals surface area (Å²) in [4.78, 5) is 19.3. The van der Waals surface area contributed by atoms with Crippen molar-refractivity contribution in [2.45, 2.75) is 37.8 Å². The zero-order chi connectivity index (χ0) is 23.8. The van der Waals surface area contributed by atoms with Gasteiger partial charge < -0.3 is 19.5 Å². The summed E-state index contributed by atoms with van der Waals surface area (Å²) in [5.74, 6) is 0.579. The van der Waals surface area contributed by atoms with Gasteiger partial charge in [-0.05, 0) is 55.2 Å². The van der Waals surface area contributed by atoms with Gasteiger partial charge in [0, 0.05) is 51.2 Å². The molecule has 3 unspecified atom stereocenters. The van der Waals surface area contributed by atoms with Crippen LogP contribution >= 0.6 is 11.6 Å². The number of hydrogen-bond acceptors (Lipinski definition) is 6. The number of halogens is 1. The van der Waals surface area contributed by atoms with E-state index in [1.165, 1.54) is 6.42 Å². The van der Waals surface area contributed by atoms with Crippen molar-refractivity contribution in [1.29, 1.82) is 0 Å². The zero-order valence-electron chi connectivity index (χ0n) is 19.8. The topological polar surface area (TPSA) is 74.6 Å². The molecule has 3 aliphatic heterocycles. The summed E-state index contributed by atoms with van der Waals surface area (Å²) in [6.45, 7) is 8.07. The second-order valence-corrected chi connectivity index (χ2v) is 10.7. The van der Waals surface area contributed by atoms with Crippen LogP contribution in [0, 0.1) is 11.3 Å². The van der Waals surface area contributed by atoms with Crippen LogP contribution in [-0.2, 0) is 14.3 Å². The Morgan fingerprint density at radius 3 is 2.59 bits per heavy atom. The van der Waals surface area contributed by atoms with E-state index in [0.717, 1.165) is 69.0 Å². The van der Waals surface area contributed by atoms with Crippen LogP contribution in [-0.4, -0.2) is 86.9 Å². The lowest BCUT2D eigenvalue weighted by Crippen LogP contribution is -2.60. The Balaban J connectivity index is 1.33. The molecule has 3 atom stereocenters. The molecule has 1 spiro atoms. The number of carbonyl (C=O) groups excluding carboxylic acids is 1. The van der Waals surface area contributed by atoms with Crippen LogP contribution in [0.15, 0.2) is 23.2 Å². The Labute approximate surface area is 206 Å². The predicted octanol–water partition coefficient (Wildman–Crippen LogP) is 3.02. The number of amides is 1. The van der Waals surface area contributed by atoms with Crippen LogP contribution in [0.25, 0.3) is 6.08 Å². The Bertz CT molecular complexity index is 969. The quantitative estimate of drug-likeness (QED) is 0.491. The molecule has 1 N–H and O–H groups in total. The number of aliphatic hydroxyl groups is 1. The number of aliphatic hydroxyl groups excluding tert-OH is 1. The highest BCUT2D eigenvalue weighted by Gasteiger charge is 2.52. The van der Waals surface area contributed by atoms with Crippen LogP contribution < -0.4 is 4.90 Å². The minimum Gasteiger partial charge on any atom is -0.389 e. The van der Waals surface area contributed by atoms with Gasteiger partial charge in [0.05, 0.1) is 35.6 Å². The molecular formula is C26H34ClN3O4. The van der Waals surface area contributed by atoms with Crippen LogP contribution in [0.5, 0.6) is 0 Å². The largest absolute Gasteiger partial charge is 0.389 e. The van der Waals surface area contributed by atoms with Gasteiger partial charge >= 0.3 is 0 Å². The molecule has 3 saturated heterocycles. The third kappa shape index (κ3) is 4.56. The molecule has 5 rings (SSSR count). The Hall–Kier alpha value is -1.77. The second kappa shape index (κ2) is 9.70. The number of nitrogens with zero attached hydrogens (tertiary/aromatic N) is 3. The fraction of sp³-hybridized carbons (Fsp3) is 0.615. The van der Waals surface area contributed by atoms with Gasteiger partial charge in [-0.2, -0.15) is 0 Å². The van der Waals surface area contributed by atoms with Crippen molar-refractivity contribution >= 4 is 36.0 Å². The van der Waals surface area contributed by atoms with Crippen LogP contribution in [0.3, 0.4) is 0 Å². The molecule has 4 aliphatic rings. The summed E-state index contributed by atoms with van der Waals surface area (Å²) in [5, 5.41) is 11.1. The summed E-state index contributed by atoms with van der Waals surface area (Å²) in [7, 11) is 0. The molecule has 1 aromatic carbocycles. The third-order valence-electron chi connectivity index (χ3n) is 8.41. The highest BCUT2D eigenvalue weighted by Crippen LogP contribution is 2.60. The predicted molar refractivity (Wildman–Crippen MR) is 134 cm³/mol. The average molecular weight is 488 g/mol. The number of hydrogen-bond donors (Lipinski definition) is 1. The molecule has 34 heavy (non-hydrogen) atoms. The van der Waals surface area contributed by atoms with E-state index in [0.29, 0.717) is 36.0 Å². The molecule has 1 aliphatic carbocycles. The van der Waals surface area contributed by atoms with Crippen molar-refractivity contribution in [3.8, 4) is 0 Å². The Morgan fingerprint density at radius 2 is 1.91 bits per heavy atom. The number of rotatable bonds is 6. The van der Waals surface area contributed by atoms with E-state index >= 15 is 0 Å². The van der Waals surface area contributed by atoms with Crippen molar-refractivity contribution in [3.63, 3.8) is 0 Å². The monoisotopic (exact) mass is 487 g/mol. The standard InChI is InChI=1S/C26H34ClN3O4/c1-25(17-34-16-24(25)32)30-8-6-29(7-9-30)23-13-19(20(12-22(23)27)15-28-18-31)2-3-21-14-26(21)4-10-33-11-5-26/h2-3,12-13,15,18,21,24,32H,4-11,14,16-17H2,1H3/b3-2+,28-15?. The summed E-state index contributed by atoms with van der Waals surface area (Å²) >= 11 is 6.72. The Morgan fingerprint density at radius 1 is 1.15 bits per heavy atom. The molecule has 0 aromatic heterocycles. The SMILES string of the molecule is CC1(N2CCN(c3cc(/C=C/C4CC45CCOCC5)c(C=NC=O)cc3Cl)CC2)COCC1O. The summed E-state index contributed by atoms with van der Waals surface area (Å²) < 4.78 is 11.1. The molecular weight excluding hydrogens is 454 g/mol. The molecule has 1 aromatic rings. The second-order valence-electron chi connectivity index (χ2n) is 10.3. The van der Waals surface area contributed by atoms with Crippen LogP contribution in [0.1, 0.15) is 37.3 Å². The van der Waals surface area contributed by atoms with Gasteiger partial charge in [-0.1, -0.05) is 23.8 Å². The first kappa shape index (κ1) is 23.9. The zero-order valence-corrected chi connectivity index (χ0v) is 20.5. The van der Waals surface area contributed by atoms with Crippen molar-refractivity contribution in [2.24, 2.45) is 16.3 Å². The van der Waals surface area contributed by atoms with E-state index in [9.17, 15) is 9.90 Å². The minimum atomic E-state index is -0.461. The van der Waals surface area contributed by atoms with Gasteiger partial charge in [0.15, 0.2) is 0 Å². The summed E-state index contributed by atoms with van der Waals surface area (Å²) in [5.41, 5.74) is 2.95. The molecule has 0 radical (unpaired) electrons. The lowest BCUT2D eigenvalue weighted by Gasteiger charge is -2.45. The highest BCUT2D eigenvalue weighted by atomic mass is 35.5. The molecule has 0 bridgehead atoms. The first-order chi connectivity index (χ1) is 16.4. The maximum Gasteiger partial charge on any atom is 0.232 e. The lowest BCUT2D eigenvalue weighted by atomic mass is 9.93. The first-order valence-electron chi connectivity index (χ1n) is 12.3. The first-order valence-corrected chi connectivity index (χ1v) is 12.7. The van der Waals surface area contributed by atoms with Gasteiger partial charge in [0.2, 0.25) is 6.41 Å². The average Bonchev–Trinajstić information content (AvgIpc) is 3.39. The van der Waals surface area contributed by atoms with Crippen molar-refractivity contribution in [2.75, 3.05) is 57.5 Å². The number of aliphatic imine (C=N–C) groups is 1. The normalized spacial score (nSPS) is 31.7. The minimum absolute atomic E-state index is 0.330.